The number of aromatic nitrogens is 2. The lowest BCUT2D eigenvalue weighted by atomic mass is 10.2. The number of aryl methyl sites for hydroxylation is 2. The quantitative estimate of drug-likeness (QED) is 0.929. The zero-order valence-electron chi connectivity index (χ0n) is 12.1. The molecule has 0 saturated heterocycles. The van der Waals surface area contributed by atoms with E-state index in [-0.39, 0.29) is 5.91 Å². The molecule has 0 saturated carbocycles. The van der Waals surface area contributed by atoms with Crippen molar-refractivity contribution in [2.45, 2.75) is 27.3 Å². The number of nitrogens with two attached hydrogens (primary N) is 1. The van der Waals surface area contributed by atoms with E-state index in [0.29, 0.717) is 24.5 Å². The predicted octanol–water partition coefficient (Wildman–Crippen LogP) is 2.46. The van der Waals surface area contributed by atoms with Crippen molar-refractivity contribution in [3.8, 4) is 0 Å². The zero-order chi connectivity index (χ0) is 14.7. The lowest BCUT2D eigenvalue weighted by Crippen LogP contribution is -2.33. The summed E-state index contributed by atoms with van der Waals surface area (Å²) >= 11 is 0. The Hall–Kier alpha value is -2.30. The van der Waals surface area contributed by atoms with Gasteiger partial charge in [0.05, 0.1) is 11.9 Å². The summed E-state index contributed by atoms with van der Waals surface area (Å²) in [5.74, 6) is -0.116. The first-order valence-electron chi connectivity index (χ1n) is 6.78. The average Bonchev–Trinajstić information content (AvgIpc) is 2.80. The van der Waals surface area contributed by atoms with Gasteiger partial charge < -0.3 is 10.6 Å². The lowest BCUT2D eigenvalue weighted by Gasteiger charge is -2.22. The number of nitrogen functional groups attached to an aromatic ring is 1. The fourth-order valence-corrected chi connectivity index (χ4v) is 2.24. The summed E-state index contributed by atoms with van der Waals surface area (Å²) in [6.45, 7) is 7.09. The first-order valence-corrected chi connectivity index (χ1v) is 6.78. The molecule has 0 aliphatic heterocycles. The van der Waals surface area contributed by atoms with E-state index in [2.05, 4.69) is 5.10 Å². The van der Waals surface area contributed by atoms with Crippen molar-refractivity contribution < 1.29 is 4.79 Å². The highest BCUT2D eigenvalue weighted by Gasteiger charge is 2.22. The highest BCUT2D eigenvalue weighted by Crippen LogP contribution is 2.21. The van der Waals surface area contributed by atoms with Gasteiger partial charge in [0, 0.05) is 18.8 Å². The van der Waals surface area contributed by atoms with Crippen LogP contribution < -0.4 is 10.6 Å². The Labute approximate surface area is 119 Å². The number of amides is 1. The van der Waals surface area contributed by atoms with Gasteiger partial charge in [-0.2, -0.15) is 5.10 Å². The molecule has 0 atom stereocenters. The second-order valence-corrected chi connectivity index (χ2v) is 4.65. The Bertz CT molecular complexity index is 618. The molecule has 1 aromatic heterocycles. The molecule has 0 aliphatic carbocycles. The molecule has 5 heteroatoms. The monoisotopic (exact) mass is 272 g/mol. The SMILES string of the molecule is CCN(C(=O)c1c(N)cnn1CC)c1cccc(C)c1. The van der Waals surface area contributed by atoms with Crippen LogP contribution in [0, 0.1) is 6.92 Å². The number of carbonyl (C=O) groups excluding carboxylic acids is 1. The van der Waals surface area contributed by atoms with Crippen molar-refractivity contribution in [1.82, 2.24) is 9.78 Å². The van der Waals surface area contributed by atoms with Gasteiger partial charge in [-0.25, -0.2) is 0 Å². The van der Waals surface area contributed by atoms with Crippen molar-refractivity contribution in [1.29, 1.82) is 0 Å². The van der Waals surface area contributed by atoms with Crippen LogP contribution in [0.4, 0.5) is 11.4 Å². The fourth-order valence-electron chi connectivity index (χ4n) is 2.24. The predicted molar refractivity (Wildman–Crippen MR) is 80.8 cm³/mol. The van der Waals surface area contributed by atoms with Gasteiger partial charge in [0.2, 0.25) is 0 Å². The van der Waals surface area contributed by atoms with E-state index in [1.54, 1.807) is 9.58 Å². The molecule has 5 nitrogen and oxygen atoms in total. The number of carbonyl (C=O) groups is 1. The van der Waals surface area contributed by atoms with Crippen LogP contribution in [0.5, 0.6) is 0 Å². The third-order valence-electron chi connectivity index (χ3n) is 3.24. The van der Waals surface area contributed by atoms with Gasteiger partial charge in [-0.15, -0.1) is 0 Å². The third-order valence-corrected chi connectivity index (χ3v) is 3.24. The highest BCUT2D eigenvalue weighted by molar-refractivity contribution is 6.08. The first kappa shape index (κ1) is 14.1. The molecule has 2 aromatic rings. The second kappa shape index (κ2) is 5.77. The molecule has 106 valence electrons. The van der Waals surface area contributed by atoms with Crippen LogP contribution in [0.25, 0.3) is 0 Å². The molecular weight excluding hydrogens is 252 g/mol. The van der Waals surface area contributed by atoms with E-state index in [1.165, 1.54) is 6.20 Å². The number of hydrogen-bond donors (Lipinski definition) is 1. The Morgan fingerprint density at radius 2 is 2.15 bits per heavy atom. The summed E-state index contributed by atoms with van der Waals surface area (Å²) in [6, 6.07) is 7.87. The lowest BCUT2D eigenvalue weighted by molar-refractivity contribution is 0.0979. The minimum absolute atomic E-state index is 0.116. The molecular formula is C15H20N4O. The maximum absolute atomic E-state index is 12.7. The molecule has 1 heterocycles. The number of rotatable bonds is 4. The average molecular weight is 272 g/mol. The van der Waals surface area contributed by atoms with Gasteiger partial charge in [-0.3, -0.25) is 9.48 Å². The molecule has 2 rings (SSSR count). The molecule has 0 spiro atoms. The molecule has 0 aliphatic rings. The van der Waals surface area contributed by atoms with E-state index in [4.69, 9.17) is 5.73 Å². The van der Waals surface area contributed by atoms with E-state index < -0.39 is 0 Å². The van der Waals surface area contributed by atoms with E-state index >= 15 is 0 Å². The first-order chi connectivity index (χ1) is 9.58. The zero-order valence-corrected chi connectivity index (χ0v) is 12.1. The summed E-state index contributed by atoms with van der Waals surface area (Å²) in [5, 5.41) is 4.13. The van der Waals surface area contributed by atoms with Crippen molar-refractivity contribution in [3.05, 3.63) is 41.7 Å². The van der Waals surface area contributed by atoms with Crippen LogP contribution >= 0.6 is 0 Å². The van der Waals surface area contributed by atoms with Gasteiger partial charge in [0.25, 0.3) is 5.91 Å². The minimum Gasteiger partial charge on any atom is -0.396 e. The third kappa shape index (κ3) is 2.52. The van der Waals surface area contributed by atoms with Gasteiger partial charge >= 0.3 is 0 Å². The van der Waals surface area contributed by atoms with Crippen molar-refractivity contribution in [2.75, 3.05) is 17.2 Å². The van der Waals surface area contributed by atoms with E-state index in [9.17, 15) is 4.79 Å². The standard InChI is InChI=1S/C15H20N4O/c1-4-18(12-8-6-7-11(3)9-12)15(20)14-13(16)10-17-19(14)5-2/h6-10H,4-5,16H2,1-3H3. The molecule has 0 fully saturated rings. The van der Waals surface area contributed by atoms with Crippen LogP contribution in [0.3, 0.4) is 0 Å². The molecule has 2 N–H and O–H groups in total. The van der Waals surface area contributed by atoms with Crippen LogP contribution in [0.2, 0.25) is 0 Å². The molecule has 1 amide bonds. The summed E-state index contributed by atoms with van der Waals surface area (Å²) in [5.41, 5.74) is 8.75. The highest BCUT2D eigenvalue weighted by atomic mass is 16.2. The van der Waals surface area contributed by atoms with Crippen LogP contribution in [0.15, 0.2) is 30.5 Å². The fraction of sp³-hybridized carbons (Fsp3) is 0.333. The van der Waals surface area contributed by atoms with Crippen LogP contribution in [0.1, 0.15) is 29.9 Å². The largest absolute Gasteiger partial charge is 0.396 e. The van der Waals surface area contributed by atoms with Gasteiger partial charge in [0.15, 0.2) is 0 Å². The Kier molecular flexibility index (Phi) is 4.08. The van der Waals surface area contributed by atoms with E-state index in [0.717, 1.165) is 11.3 Å². The summed E-state index contributed by atoms with van der Waals surface area (Å²) in [4.78, 5) is 14.4. The summed E-state index contributed by atoms with van der Waals surface area (Å²) in [6.07, 6.45) is 1.53. The Morgan fingerprint density at radius 3 is 2.75 bits per heavy atom. The smallest absolute Gasteiger partial charge is 0.278 e. The van der Waals surface area contributed by atoms with Crippen molar-refractivity contribution >= 4 is 17.3 Å². The molecule has 0 unspecified atom stereocenters. The molecule has 1 aromatic carbocycles. The van der Waals surface area contributed by atoms with Crippen LogP contribution in [-0.2, 0) is 6.54 Å². The second-order valence-electron chi connectivity index (χ2n) is 4.65. The van der Waals surface area contributed by atoms with E-state index in [1.807, 2.05) is 45.0 Å². The Balaban J connectivity index is 2.41. The molecule has 0 radical (unpaired) electrons. The molecule has 0 bridgehead atoms. The summed E-state index contributed by atoms with van der Waals surface area (Å²) < 4.78 is 1.64. The van der Waals surface area contributed by atoms with Crippen molar-refractivity contribution in [3.63, 3.8) is 0 Å². The maximum atomic E-state index is 12.7. The van der Waals surface area contributed by atoms with Crippen LogP contribution in [-0.4, -0.2) is 22.2 Å². The van der Waals surface area contributed by atoms with Gasteiger partial charge in [-0.1, -0.05) is 12.1 Å². The maximum Gasteiger partial charge on any atom is 0.278 e. The van der Waals surface area contributed by atoms with Gasteiger partial charge in [0.1, 0.15) is 5.69 Å². The number of benzene rings is 1. The Morgan fingerprint density at radius 1 is 1.40 bits per heavy atom. The normalized spacial score (nSPS) is 10.6. The summed E-state index contributed by atoms with van der Waals surface area (Å²) in [7, 11) is 0. The minimum atomic E-state index is -0.116. The number of nitrogens with zero attached hydrogens (tertiary/aromatic N) is 3. The van der Waals surface area contributed by atoms with Crippen molar-refractivity contribution in [2.24, 2.45) is 0 Å². The number of hydrogen-bond acceptors (Lipinski definition) is 3. The number of anilines is 2. The molecule has 20 heavy (non-hydrogen) atoms. The topological polar surface area (TPSA) is 64.2 Å². The van der Waals surface area contributed by atoms with Gasteiger partial charge in [-0.05, 0) is 38.5 Å².